The molecule has 1 aromatic heterocycles. The molecule has 0 aliphatic heterocycles. The van der Waals surface area contributed by atoms with E-state index in [1.807, 2.05) is 18.5 Å². The summed E-state index contributed by atoms with van der Waals surface area (Å²) in [5, 5.41) is 6.13. The maximum atomic E-state index is 13.0. The van der Waals surface area contributed by atoms with E-state index in [0.29, 0.717) is 0 Å². The number of halogens is 1. The van der Waals surface area contributed by atoms with E-state index in [2.05, 4.69) is 10.3 Å². The van der Waals surface area contributed by atoms with Gasteiger partial charge in [-0.1, -0.05) is 12.1 Å². The summed E-state index contributed by atoms with van der Waals surface area (Å²) < 4.78 is 13.0. The van der Waals surface area contributed by atoms with Crippen LogP contribution in [0.15, 0.2) is 29.6 Å². The molecule has 0 fully saturated rings. The molecule has 4 heteroatoms. The maximum Gasteiger partial charge on any atom is 0.123 e. The van der Waals surface area contributed by atoms with Gasteiger partial charge in [0.25, 0.3) is 0 Å². The van der Waals surface area contributed by atoms with Gasteiger partial charge in [0.2, 0.25) is 0 Å². The Morgan fingerprint density at radius 2 is 2.31 bits per heavy atom. The summed E-state index contributed by atoms with van der Waals surface area (Å²) in [6.07, 6.45) is 0.913. The molecule has 0 spiro atoms. The molecule has 0 atom stereocenters. The van der Waals surface area contributed by atoms with E-state index in [-0.39, 0.29) is 5.82 Å². The lowest BCUT2D eigenvalue weighted by molar-refractivity contribution is 0.628. The molecule has 2 nitrogen and oxygen atoms in total. The molecule has 0 aliphatic carbocycles. The van der Waals surface area contributed by atoms with Gasteiger partial charge in [0.1, 0.15) is 5.82 Å². The van der Waals surface area contributed by atoms with Crippen molar-refractivity contribution in [1.29, 1.82) is 0 Å². The van der Waals surface area contributed by atoms with E-state index >= 15 is 0 Å². The summed E-state index contributed by atoms with van der Waals surface area (Å²) >= 11 is 1.62. The Labute approximate surface area is 98.2 Å². The number of nitrogens with zero attached hydrogens (tertiary/aromatic N) is 1. The lowest BCUT2D eigenvalue weighted by atomic mass is 10.2. The zero-order chi connectivity index (χ0) is 11.4. The minimum atomic E-state index is -0.220. The molecule has 84 valence electrons. The molecule has 1 heterocycles. The highest BCUT2D eigenvalue weighted by atomic mass is 32.1. The summed E-state index contributed by atoms with van der Waals surface area (Å²) in [5.41, 5.74) is 1.70. The second-order valence-corrected chi connectivity index (χ2v) is 4.43. The first-order valence-corrected chi connectivity index (χ1v) is 6.02. The van der Waals surface area contributed by atoms with Crippen LogP contribution in [0.1, 0.15) is 5.01 Å². The second kappa shape index (κ2) is 5.18. The third-order valence-corrected chi connectivity index (χ3v) is 3.17. The van der Waals surface area contributed by atoms with Gasteiger partial charge in [-0.05, 0) is 19.2 Å². The Bertz CT molecular complexity index is 468. The topological polar surface area (TPSA) is 24.9 Å². The van der Waals surface area contributed by atoms with Crippen LogP contribution in [0, 0.1) is 5.82 Å². The van der Waals surface area contributed by atoms with Crippen LogP contribution in [0.5, 0.6) is 0 Å². The monoisotopic (exact) mass is 236 g/mol. The van der Waals surface area contributed by atoms with Crippen molar-refractivity contribution in [3.05, 3.63) is 40.5 Å². The normalized spacial score (nSPS) is 10.6. The van der Waals surface area contributed by atoms with Gasteiger partial charge in [-0.3, -0.25) is 0 Å². The van der Waals surface area contributed by atoms with Crippen molar-refractivity contribution in [2.75, 3.05) is 13.6 Å². The molecule has 0 amide bonds. The largest absolute Gasteiger partial charge is 0.319 e. The molecular weight excluding hydrogens is 223 g/mol. The summed E-state index contributed by atoms with van der Waals surface area (Å²) in [6, 6.07) is 6.53. The molecule has 2 rings (SSSR count). The Kier molecular flexibility index (Phi) is 3.64. The van der Waals surface area contributed by atoms with E-state index in [4.69, 9.17) is 0 Å². The Morgan fingerprint density at radius 3 is 3.06 bits per heavy atom. The zero-order valence-corrected chi connectivity index (χ0v) is 9.85. The van der Waals surface area contributed by atoms with Crippen LogP contribution < -0.4 is 5.32 Å². The van der Waals surface area contributed by atoms with Crippen LogP contribution in [0.2, 0.25) is 0 Å². The molecule has 0 radical (unpaired) electrons. The van der Waals surface area contributed by atoms with Crippen molar-refractivity contribution >= 4 is 11.3 Å². The average molecular weight is 236 g/mol. The predicted molar refractivity (Wildman–Crippen MR) is 65.1 cm³/mol. The highest BCUT2D eigenvalue weighted by molar-refractivity contribution is 7.09. The van der Waals surface area contributed by atoms with Crippen molar-refractivity contribution in [3.8, 4) is 11.3 Å². The first kappa shape index (κ1) is 11.2. The lowest BCUT2D eigenvalue weighted by Crippen LogP contribution is -2.09. The van der Waals surface area contributed by atoms with Gasteiger partial charge < -0.3 is 5.32 Å². The van der Waals surface area contributed by atoms with Gasteiger partial charge in [0.15, 0.2) is 0 Å². The van der Waals surface area contributed by atoms with Crippen LogP contribution in [-0.2, 0) is 6.42 Å². The SMILES string of the molecule is CNCCc1nc(-c2cccc(F)c2)cs1. The standard InChI is InChI=1S/C12H13FN2S/c1-14-6-5-12-15-11(8-16-12)9-3-2-4-10(13)7-9/h2-4,7-8,14H,5-6H2,1H3. The first-order chi connectivity index (χ1) is 7.79. The minimum Gasteiger partial charge on any atom is -0.319 e. The predicted octanol–water partition coefficient (Wildman–Crippen LogP) is 2.71. The average Bonchev–Trinajstić information content (AvgIpc) is 2.75. The smallest absolute Gasteiger partial charge is 0.123 e. The van der Waals surface area contributed by atoms with E-state index < -0.39 is 0 Å². The van der Waals surface area contributed by atoms with Crippen LogP contribution in [-0.4, -0.2) is 18.6 Å². The van der Waals surface area contributed by atoms with Gasteiger partial charge in [-0.15, -0.1) is 11.3 Å². The Morgan fingerprint density at radius 1 is 1.44 bits per heavy atom. The van der Waals surface area contributed by atoms with E-state index in [0.717, 1.165) is 29.2 Å². The van der Waals surface area contributed by atoms with Gasteiger partial charge in [0.05, 0.1) is 10.7 Å². The van der Waals surface area contributed by atoms with Crippen LogP contribution in [0.4, 0.5) is 4.39 Å². The fourth-order valence-electron chi connectivity index (χ4n) is 1.44. The number of likely N-dealkylation sites (N-methyl/N-ethyl adjacent to an activating group) is 1. The third-order valence-electron chi connectivity index (χ3n) is 2.26. The van der Waals surface area contributed by atoms with E-state index in [1.165, 1.54) is 12.1 Å². The zero-order valence-electron chi connectivity index (χ0n) is 9.03. The van der Waals surface area contributed by atoms with Crippen LogP contribution in [0.3, 0.4) is 0 Å². The molecular formula is C12H13FN2S. The van der Waals surface area contributed by atoms with Crippen molar-refractivity contribution in [1.82, 2.24) is 10.3 Å². The fourth-order valence-corrected chi connectivity index (χ4v) is 2.25. The number of aromatic nitrogens is 1. The third kappa shape index (κ3) is 2.65. The highest BCUT2D eigenvalue weighted by Crippen LogP contribution is 2.22. The molecule has 0 aliphatic rings. The summed E-state index contributed by atoms with van der Waals surface area (Å²) in [6.45, 7) is 0.913. The highest BCUT2D eigenvalue weighted by Gasteiger charge is 2.04. The molecule has 0 bridgehead atoms. The van der Waals surface area contributed by atoms with Crippen LogP contribution in [0.25, 0.3) is 11.3 Å². The van der Waals surface area contributed by atoms with Crippen molar-refractivity contribution in [2.45, 2.75) is 6.42 Å². The van der Waals surface area contributed by atoms with Crippen molar-refractivity contribution in [3.63, 3.8) is 0 Å². The van der Waals surface area contributed by atoms with Gasteiger partial charge in [0, 0.05) is 23.9 Å². The fraction of sp³-hybridized carbons (Fsp3) is 0.250. The van der Waals surface area contributed by atoms with E-state index in [1.54, 1.807) is 17.4 Å². The number of benzene rings is 1. The number of thiazole rings is 1. The minimum absolute atomic E-state index is 0.220. The van der Waals surface area contributed by atoms with Crippen molar-refractivity contribution in [2.24, 2.45) is 0 Å². The molecule has 2 aromatic rings. The molecule has 16 heavy (non-hydrogen) atoms. The molecule has 0 saturated heterocycles. The van der Waals surface area contributed by atoms with Gasteiger partial charge in [-0.25, -0.2) is 9.37 Å². The van der Waals surface area contributed by atoms with E-state index in [9.17, 15) is 4.39 Å². The number of hydrogen-bond acceptors (Lipinski definition) is 3. The molecule has 0 saturated carbocycles. The van der Waals surface area contributed by atoms with Gasteiger partial charge in [-0.2, -0.15) is 0 Å². The quantitative estimate of drug-likeness (QED) is 0.883. The first-order valence-electron chi connectivity index (χ1n) is 5.14. The summed E-state index contributed by atoms with van der Waals surface area (Å²) in [5.74, 6) is -0.220. The Hall–Kier alpha value is -1.26. The summed E-state index contributed by atoms with van der Waals surface area (Å²) in [4.78, 5) is 4.47. The van der Waals surface area contributed by atoms with Gasteiger partial charge >= 0.3 is 0 Å². The maximum absolute atomic E-state index is 13.0. The molecule has 1 aromatic carbocycles. The molecule has 1 N–H and O–H groups in total. The van der Waals surface area contributed by atoms with Crippen LogP contribution >= 0.6 is 11.3 Å². The second-order valence-electron chi connectivity index (χ2n) is 3.49. The lowest BCUT2D eigenvalue weighted by Gasteiger charge is -1.96. The number of rotatable bonds is 4. The molecule has 0 unspecified atom stereocenters. The van der Waals surface area contributed by atoms with Crippen molar-refractivity contribution < 1.29 is 4.39 Å². The Balaban J connectivity index is 2.18. The number of nitrogens with one attached hydrogen (secondary N) is 1. The number of hydrogen-bond donors (Lipinski definition) is 1. The summed E-state index contributed by atoms with van der Waals surface area (Å²) in [7, 11) is 1.92.